The summed E-state index contributed by atoms with van der Waals surface area (Å²) in [6.45, 7) is 4.18. The Labute approximate surface area is 116 Å². The van der Waals surface area contributed by atoms with Gasteiger partial charge >= 0.3 is 0 Å². The molecular weight excluding hydrogens is 296 g/mol. The molecule has 0 atom stereocenters. The first-order chi connectivity index (χ1) is 8.43. The molecule has 4 nitrogen and oxygen atoms in total. The number of nitrogens with zero attached hydrogens (tertiary/aromatic N) is 1. The average molecular weight is 315 g/mol. The number of hydrogen-bond donors (Lipinski definition) is 2. The molecule has 0 saturated heterocycles. The maximum absolute atomic E-state index is 11.7. The lowest BCUT2D eigenvalue weighted by atomic mass is 10.2. The monoisotopic (exact) mass is 314 g/mol. The molecule has 1 rings (SSSR count). The van der Waals surface area contributed by atoms with E-state index >= 15 is 0 Å². The van der Waals surface area contributed by atoms with Crippen LogP contribution >= 0.6 is 15.9 Å². The first kappa shape index (κ1) is 15.0. The summed E-state index contributed by atoms with van der Waals surface area (Å²) in [7, 11) is 1.86. The summed E-state index contributed by atoms with van der Waals surface area (Å²) >= 11 is 3.44. The van der Waals surface area contributed by atoms with Crippen LogP contribution < -0.4 is 10.2 Å². The Morgan fingerprint density at radius 2 is 2.17 bits per heavy atom. The SMILES string of the molecule is CC(C)NC(=O)CN(C)c1ccc(CO)cc1Br. The van der Waals surface area contributed by atoms with Gasteiger partial charge in [-0.25, -0.2) is 0 Å². The first-order valence-electron chi connectivity index (χ1n) is 5.83. The highest BCUT2D eigenvalue weighted by atomic mass is 79.9. The van der Waals surface area contributed by atoms with Crippen LogP contribution in [0, 0.1) is 0 Å². The molecule has 5 heteroatoms. The topological polar surface area (TPSA) is 52.6 Å². The molecule has 1 aromatic carbocycles. The van der Waals surface area contributed by atoms with Gasteiger partial charge in [0, 0.05) is 17.6 Å². The van der Waals surface area contributed by atoms with Gasteiger partial charge in [0.05, 0.1) is 18.8 Å². The van der Waals surface area contributed by atoms with Crippen molar-refractivity contribution in [2.24, 2.45) is 0 Å². The molecule has 1 aromatic rings. The van der Waals surface area contributed by atoms with E-state index < -0.39 is 0 Å². The van der Waals surface area contributed by atoms with Gasteiger partial charge in [-0.1, -0.05) is 6.07 Å². The fraction of sp³-hybridized carbons (Fsp3) is 0.462. The van der Waals surface area contributed by atoms with Crippen molar-refractivity contribution >= 4 is 27.5 Å². The fourth-order valence-corrected chi connectivity index (χ4v) is 2.36. The number of amides is 1. The Kier molecular flexibility index (Phi) is 5.62. The molecule has 0 unspecified atom stereocenters. The number of carbonyl (C=O) groups is 1. The van der Waals surface area contributed by atoms with Gasteiger partial charge in [0.25, 0.3) is 0 Å². The second kappa shape index (κ2) is 6.75. The number of anilines is 1. The van der Waals surface area contributed by atoms with Gasteiger partial charge in [-0.2, -0.15) is 0 Å². The van der Waals surface area contributed by atoms with Crippen molar-refractivity contribution in [3.05, 3.63) is 28.2 Å². The predicted molar refractivity (Wildman–Crippen MR) is 76.6 cm³/mol. The van der Waals surface area contributed by atoms with Gasteiger partial charge in [0.2, 0.25) is 5.91 Å². The van der Waals surface area contributed by atoms with Crippen LogP contribution in [0.2, 0.25) is 0 Å². The van der Waals surface area contributed by atoms with Gasteiger partial charge in [-0.3, -0.25) is 4.79 Å². The van der Waals surface area contributed by atoms with E-state index in [1.807, 2.05) is 44.0 Å². The first-order valence-corrected chi connectivity index (χ1v) is 6.63. The minimum absolute atomic E-state index is 0.00867. The summed E-state index contributed by atoms with van der Waals surface area (Å²) in [6.07, 6.45) is 0. The van der Waals surface area contributed by atoms with Crippen molar-refractivity contribution in [2.45, 2.75) is 26.5 Å². The smallest absolute Gasteiger partial charge is 0.239 e. The molecule has 100 valence electrons. The summed E-state index contributed by atoms with van der Waals surface area (Å²) in [4.78, 5) is 13.5. The Morgan fingerprint density at radius 3 is 2.67 bits per heavy atom. The van der Waals surface area contributed by atoms with Crippen molar-refractivity contribution in [2.75, 3.05) is 18.5 Å². The van der Waals surface area contributed by atoms with Crippen LogP contribution in [0.5, 0.6) is 0 Å². The zero-order chi connectivity index (χ0) is 13.7. The van der Waals surface area contributed by atoms with Crippen LogP contribution in [0.4, 0.5) is 5.69 Å². The number of likely N-dealkylation sites (N-methyl/N-ethyl adjacent to an activating group) is 1. The highest BCUT2D eigenvalue weighted by molar-refractivity contribution is 9.10. The molecule has 0 radical (unpaired) electrons. The molecule has 2 N–H and O–H groups in total. The van der Waals surface area contributed by atoms with Crippen LogP contribution in [-0.4, -0.2) is 30.6 Å². The number of aliphatic hydroxyl groups excluding tert-OH is 1. The second-order valence-electron chi connectivity index (χ2n) is 4.52. The van der Waals surface area contributed by atoms with Crippen LogP contribution in [0.1, 0.15) is 19.4 Å². The fourth-order valence-electron chi connectivity index (χ4n) is 1.63. The van der Waals surface area contributed by atoms with E-state index in [0.29, 0.717) is 6.54 Å². The molecular formula is C13H19BrN2O2. The van der Waals surface area contributed by atoms with E-state index in [-0.39, 0.29) is 18.6 Å². The van der Waals surface area contributed by atoms with Crippen molar-refractivity contribution in [3.8, 4) is 0 Å². The van der Waals surface area contributed by atoms with E-state index in [9.17, 15) is 4.79 Å². The molecule has 0 aromatic heterocycles. The van der Waals surface area contributed by atoms with Crippen molar-refractivity contribution in [1.82, 2.24) is 5.32 Å². The third-order valence-corrected chi connectivity index (χ3v) is 3.07. The normalized spacial score (nSPS) is 10.6. The standard InChI is InChI=1S/C13H19BrN2O2/c1-9(2)15-13(18)7-16(3)12-5-4-10(8-17)6-11(12)14/h4-6,9,17H,7-8H2,1-3H3,(H,15,18). The van der Waals surface area contributed by atoms with Crippen molar-refractivity contribution in [3.63, 3.8) is 0 Å². The van der Waals surface area contributed by atoms with E-state index in [4.69, 9.17) is 5.11 Å². The minimum Gasteiger partial charge on any atom is -0.392 e. The van der Waals surface area contributed by atoms with Gasteiger partial charge in [0.1, 0.15) is 0 Å². The Bertz CT molecular complexity index is 421. The highest BCUT2D eigenvalue weighted by Crippen LogP contribution is 2.26. The Hall–Kier alpha value is -1.07. The van der Waals surface area contributed by atoms with Crippen LogP contribution in [0.25, 0.3) is 0 Å². The lowest BCUT2D eigenvalue weighted by Gasteiger charge is -2.21. The molecule has 1 amide bonds. The highest BCUT2D eigenvalue weighted by Gasteiger charge is 2.11. The molecule has 18 heavy (non-hydrogen) atoms. The summed E-state index contributed by atoms with van der Waals surface area (Å²) in [5.74, 6) is -0.00867. The quantitative estimate of drug-likeness (QED) is 0.873. The van der Waals surface area contributed by atoms with Crippen LogP contribution in [0.15, 0.2) is 22.7 Å². The molecule has 0 aliphatic heterocycles. The van der Waals surface area contributed by atoms with Gasteiger partial charge in [-0.15, -0.1) is 0 Å². The maximum Gasteiger partial charge on any atom is 0.239 e. The van der Waals surface area contributed by atoms with Crippen molar-refractivity contribution in [1.29, 1.82) is 0 Å². The molecule has 0 saturated carbocycles. The Balaban J connectivity index is 2.72. The summed E-state index contributed by atoms with van der Waals surface area (Å²) in [6, 6.07) is 5.73. The predicted octanol–water partition coefficient (Wildman–Crippen LogP) is 1.90. The van der Waals surface area contributed by atoms with E-state index in [2.05, 4.69) is 21.2 Å². The van der Waals surface area contributed by atoms with Gasteiger partial charge in [0.15, 0.2) is 0 Å². The second-order valence-corrected chi connectivity index (χ2v) is 5.38. The molecule has 0 fully saturated rings. The summed E-state index contributed by atoms with van der Waals surface area (Å²) in [5.41, 5.74) is 1.76. The molecule has 0 heterocycles. The summed E-state index contributed by atoms with van der Waals surface area (Å²) < 4.78 is 0.869. The van der Waals surface area contributed by atoms with E-state index in [0.717, 1.165) is 15.7 Å². The molecule has 0 spiro atoms. The minimum atomic E-state index is -0.00867. The average Bonchev–Trinajstić information content (AvgIpc) is 2.27. The number of aliphatic hydroxyl groups is 1. The van der Waals surface area contributed by atoms with Crippen LogP contribution in [-0.2, 0) is 11.4 Å². The number of carbonyl (C=O) groups excluding carboxylic acids is 1. The zero-order valence-electron chi connectivity index (χ0n) is 10.9. The maximum atomic E-state index is 11.7. The van der Waals surface area contributed by atoms with Gasteiger partial charge < -0.3 is 15.3 Å². The number of nitrogens with one attached hydrogen (secondary N) is 1. The zero-order valence-corrected chi connectivity index (χ0v) is 12.5. The number of benzene rings is 1. The lowest BCUT2D eigenvalue weighted by Crippen LogP contribution is -2.38. The van der Waals surface area contributed by atoms with Gasteiger partial charge in [-0.05, 0) is 47.5 Å². The summed E-state index contributed by atoms with van der Waals surface area (Å²) in [5, 5.41) is 11.9. The molecule has 0 bridgehead atoms. The third-order valence-electron chi connectivity index (χ3n) is 2.44. The van der Waals surface area contributed by atoms with E-state index in [1.165, 1.54) is 0 Å². The third kappa shape index (κ3) is 4.31. The van der Waals surface area contributed by atoms with E-state index in [1.54, 1.807) is 0 Å². The number of hydrogen-bond acceptors (Lipinski definition) is 3. The molecule has 0 aliphatic rings. The number of rotatable bonds is 5. The largest absolute Gasteiger partial charge is 0.392 e. The van der Waals surface area contributed by atoms with Crippen molar-refractivity contribution < 1.29 is 9.90 Å². The van der Waals surface area contributed by atoms with Crippen LogP contribution in [0.3, 0.4) is 0 Å². The Morgan fingerprint density at radius 1 is 1.50 bits per heavy atom. The lowest BCUT2D eigenvalue weighted by molar-refractivity contribution is -0.120. The number of halogens is 1. The molecule has 0 aliphatic carbocycles.